The molecule has 0 aromatic rings. The van der Waals surface area contributed by atoms with Gasteiger partial charge in [0.2, 0.25) is 0 Å². The highest BCUT2D eigenvalue weighted by molar-refractivity contribution is 5.89. The van der Waals surface area contributed by atoms with Crippen LogP contribution in [0.4, 0.5) is 0 Å². The second-order valence-electron chi connectivity index (χ2n) is 4.72. The molecule has 86 valence electrons. The highest BCUT2D eigenvalue weighted by Gasteiger charge is 2.24. The quantitative estimate of drug-likeness (QED) is 0.527. The smallest absolute Gasteiger partial charge is 0.333 e. The Labute approximate surface area is 92.7 Å². The first-order valence-electron chi connectivity index (χ1n) is 5.87. The number of hydrogen-bond donors (Lipinski definition) is 0. The van der Waals surface area contributed by atoms with Crippen molar-refractivity contribution in [1.82, 2.24) is 0 Å². The largest absolute Gasteiger partial charge is 0.466 e. The summed E-state index contributed by atoms with van der Waals surface area (Å²) in [6.07, 6.45) is 5.07. The summed E-state index contributed by atoms with van der Waals surface area (Å²) in [5, 5.41) is 0. The van der Waals surface area contributed by atoms with E-state index >= 15 is 0 Å². The van der Waals surface area contributed by atoms with Gasteiger partial charge in [-0.1, -0.05) is 32.3 Å². The van der Waals surface area contributed by atoms with Crippen LogP contribution < -0.4 is 0 Å². The van der Waals surface area contributed by atoms with E-state index in [1.807, 2.05) is 0 Å². The van der Waals surface area contributed by atoms with Crippen LogP contribution in [0.5, 0.6) is 0 Å². The summed E-state index contributed by atoms with van der Waals surface area (Å²) < 4.78 is 4.86. The Bertz CT molecular complexity index is 258. The van der Waals surface area contributed by atoms with Crippen LogP contribution in [0.25, 0.3) is 0 Å². The molecule has 0 atom stereocenters. The van der Waals surface area contributed by atoms with Crippen molar-refractivity contribution in [2.45, 2.75) is 46.5 Å². The predicted molar refractivity (Wildman–Crippen MR) is 61.5 cm³/mol. The SMILES string of the molecule is COC(=O)C(=C(C)C1CCCC1)C(C)C. The molecule has 0 aromatic heterocycles. The molecule has 0 aromatic carbocycles. The van der Waals surface area contributed by atoms with Gasteiger partial charge in [-0.15, -0.1) is 0 Å². The first-order valence-corrected chi connectivity index (χ1v) is 5.87. The van der Waals surface area contributed by atoms with Crippen molar-refractivity contribution in [2.24, 2.45) is 11.8 Å². The topological polar surface area (TPSA) is 26.3 Å². The molecule has 0 spiro atoms. The third-order valence-corrected chi connectivity index (χ3v) is 3.38. The van der Waals surface area contributed by atoms with Gasteiger partial charge < -0.3 is 4.74 Å². The van der Waals surface area contributed by atoms with Crippen LogP contribution in [0.2, 0.25) is 0 Å². The molecule has 2 heteroatoms. The van der Waals surface area contributed by atoms with Gasteiger partial charge in [0.15, 0.2) is 0 Å². The van der Waals surface area contributed by atoms with Crippen molar-refractivity contribution >= 4 is 5.97 Å². The van der Waals surface area contributed by atoms with Crippen LogP contribution >= 0.6 is 0 Å². The van der Waals surface area contributed by atoms with Gasteiger partial charge in [-0.05, 0) is 31.6 Å². The Kier molecular flexibility index (Phi) is 4.37. The van der Waals surface area contributed by atoms with Crippen LogP contribution in [0.1, 0.15) is 46.5 Å². The minimum absolute atomic E-state index is 0.144. The molecule has 1 aliphatic rings. The van der Waals surface area contributed by atoms with Crippen LogP contribution in [0.3, 0.4) is 0 Å². The molecule has 0 amide bonds. The number of hydrogen-bond acceptors (Lipinski definition) is 2. The van der Waals surface area contributed by atoms with Gasteiger partial charge in [-0.3, -0.25) is 0 Å². The van der Waals surface area contributed by atoms with E-state index < -0.39 is 0 Å². The highest BCUT2D eigenvalue weighted by atomic mass is 16.5. The summed E-state index contributed by atoms with van der Waals surface area (Å²) in [6, 6.07) is 0. The second-order valence-corrected chi connectivity index (χ2v) is 4.72. The van der Waals surface area contributed by atoms with E-state index in [4.69, 9.17) is 4.74 Å². The first-order chi connectivity index (χ1) is 7.07. The zero-order chi connectivity index (χ0) is 11.4. The Morgan fingerprint density at radius 2 is 1.80 bits per heavy atom. The predicted octanol–water partition coefficient (Wildman–Crippen LogP) is 3.32. The maximum absolute atomic E-state index is 11.7. The number of esters is 1. The molecule has 0 unspecified atom stereocenters. The maximum atomic E-state index is 11.7. The average molecular weight is 210 g/mol. The third kappa shape index (κ3) is 2.83. The van der Waals surface area contributed by atoms with E-state index in [0.717, 1.165) is 5.57 Å². The number of carbonyl (C=O) groups is 1. The fourth-order valence-electron chi connectivity index (χ4n) is 2.54. The number of allylic oxidation sites excluding steroid dienone is 1. The van der Waals surface area contributed by atoms with Gasteiger partial charge in [0, 0.05) is 5.57 Å². The number of carbonyl (C=O) groups excluding carboxylic acids is 1. The van der Waals surface area contributed by atoms with Gasteiger partial charge in [0.25, 0.3) is 0 Å². The summed E-state index contributed by atoms with van der Waals surface area (Å²) in [7, 11) is 1.46. The highest BCUT2D eigenvalue weighted by Crippen LogP contribution is 2.34. The molecule has 0 saturated heterocycles. The van der Waals surface area contributed by atoms with Gasteiger partial charge >= 0.3 is 5.97 Å². The van der Waals surface area contributed by atoms with Crippen molar-refractivity contribution in [3.05, 3.63) is 11.1 Å². The summed E-state index contributed by atoms with van der Waals surface area (Å²) in [6.45, 7) is 6.22. The fourth-order valence-corrected chi connectivity index (χ4v) is 2.54. The lowest BCUT2D eigenvalue weighted by atomic mass is 9.89. The normalized spacial score (nSPS) is 19.3. The van der Waals surface area contributed by atoms with E-state index in [1.165, 1.54) is 38.4 Å². The Hall–Kier alpha value is -0.790. The van der Waals surface area contributed by atoms with Gasteiger partial charge in [0.1, 0.15) is 0 Å². The molecule has 2 nitrogen and oxygen atoms in total. The van der Waals surface area contributed by atoms with Crippen molar-refractivity contribution in [2.75, 3.05) is 7.11 Å². The van der Waals surface area contributed by atoms with E-state index in [9.17, 15) is 4.79 Å². The fraction of sp³-hybridized carbons (Fsp3) is 0.769. The van der Waals surface area contributed by atoms with Crippen molar-refractivity contribution in [3.8, 4) is 0 Å². The standard InChI is InChI=1S/C13H22O2/c1-9(2)12(13(14)15-4)10(3)11-7-5-6-8-11/h9,11H,5-8H2,1-4H3. The Morgan fingerprint density at radius 1 is 1.27 bits per heavy atom. The van der Waals surface area contributed by atoms with Crippen LogP contribution in [-0.4, -0.2) is 13.1 Å². The van der Waals surface area contributed by atoms with E-state index in [0.29, 0.717) is 5.92 Å². The van der Waals surface area contributed by atoms with Gasteiger partial charge in [-0.25, -0.2) is 4.79 Å². The summed E-state index contributed by atoms with van der Waals surface area (Å²) in [4.78, 5) is 11.7. The van der Waals surface area contributed by atoms with Crippen LogP contribution in [0, 0.1) is 11.8 Å². The number of methoxy groups -OCH3 is 1. The van der Waals surface area contributed by atoms with Crippen molar-refractivity contribution in [1.29, 1.82) is 0 Å². The second kappa shape index (κ2) is 5.34. The van der Waals surface area contributed by atoms with Crippen molar-refractivity contribution in [3.63, 3.8) is 0 Å². The molecule has 15 heavy (non-hydrogen) atoms. The van der Waals surface area contributed by atoms with Gasteiger partial charge in [-0.2, -0.15) is 0 Å². The Balaban J connectivity index is 2.92. The lowest BCUT2D eigenvalue weighted by Crippen LogP contribution is -2.15. The van der Waals surface area contributed by atoms with Crippen molar-refractivity contribution < 1.29 is 9.53 Å². The molecule has 1 saturated carbocycles. The average Bonchev–Trinajstić information content (AvgIpc) is 2.69. The summed E-state index contributed by atoms with van der Waals surface area (Å²) >= 11 is 0. The third-order valence-electron chi connectivity index (χ3n) is 3.38. The van der Waals surface area contributed by atoms with Gasteiger partial charge in [0.05, 0.1) is 7.11 Å². The molecule has 0 radical (unpaired) electrons. The Morgan fingerprint density at radius 3 is 2.20 bits per heavy atom. The molecule has 0 heterocycles. The number of ether oxygens (including phenoxy) is 1. The van der Waals surface area contributed by atoms with E-state index in [1.54, 1.807) is 0 Å². The number of rotatable bonds is 3. The first kappa shape index (κ1) is 12.3. The molecule has 0 bridgehead atoms. The zero-order valence-corrected chi connectivity index (χ0v) is 10.3. The molecule has 0 N–H and O–H groups in total. The monoisotopic (exact) mass is 210 g/mol. The molecule has 0 aliphatic heterocycles. The maximum Gasteiger partial charge on any atom is 0.333 e. The zero-order valence-electron chi connectivity index (χ0n) is 10.3. The minimum atomic E-state index is -0.144. The molecule has 1 fully saturated rings. The summed E-state index contributed by atoms with van der Waals surface area (Å²) in [5.74, 6) is 0.731. The lowest BCUT2D eigenvalue weighted by Gasteiger charge is -2.18. The minimum Gasteiger partial charge on any atom is -0.466 e. The van der Waals surface area contributed by atoms with Crippen LogP contribution in [0.15, 0.2) is 11.1 Å². The molecule has 1 rings (SSSR count). The lowest BCUT2D eigenvalue weighted by molar-refractivity contribution is -0.136. The van der Waals surface area contributed by atoms with E-state index in [-0.39, 0.29) is 11.9 Å². The molecular formula is C13H22O2. The van der Waals surface area contributed by atoms with Crippen LogP contribution in [-0.2, 0) is 9.53 Å². The molecular weight excluding hydrogens is 188 g/mol. The summed E-state index contributed by atoms with van der Waals surface area (Å²) in [5.41, 5.74) is 2.15. The molecule has 1 aliphatic carbocycles. The van der Waals surface area contributed by atoms with E-state index in [2.05, 4.69) is 20.8 Å².